The lowest BCUT2D eigenvalue weighted by Gasteiger charge is -2.32. The Bertz CT molecular complexity index is 513. The normalized spacial score (nSPS) is 16.0. The minimum Gasteiger partial charge on any atom is -0.377 e. The Morgan fingerprint density at radius 2 is 2.19 bits per heavy atom. The predicted octanol–water partition coefficient (Wildman–Crippen LogP) is 3.53. The Kier molecular flexibility index (Phi) is 5.76. The number of rotatable bonds is 5. The van der Waals surface area contributed by atoms with Crippen LogP contribution >= 0.6 is 11.6 Å². The van der Waals surface area contributed by atoms with E-state index in [1.165, 1.54) is 18.2 Å². The number of nitrogens with zero attached hydrogens (tertiary/aromatic N) is 1. The first kappa shape index (κ1) is 16.0. The molecule has 1 aromatic carbocycles. The second-order valence-corrected chi connectivity index (χ2v) is 5.59. The highest BCUT2D eigenvalue weighted by atomic mass is 35.5. The van der Waals surface area contributed by atoms with Gasteiger partial charge in [0.05, 0.1) is 17.2 Å². The maximum absolute atomic E-state index is 13.0. The maximum atomic E-state index is 13.0. The van der Waals surface area contributed by atoms with Gasteiger partial charge in [0.15, 0.2) is 0 Å². The zero-order chi connectivity index (χ0) is 15.2. The van der Waals surface area contributed by atoms with E-state index in [0.29, 0.717) is 37.8 Å². The first-order chi connectivity index (χ1) is 10.1. The summed E-state index contributed by atoms with van der Waals surface area (Å²) >= 11 is 5.94. The molecular formula is C16H19ClFNO2. The molecule has 0 saturated carbocycles. The molecule has 3 nitrogen and oxygen atoms in total. The fourth-order valence-electron chi connectivity index (χ4n) is 2.45. The van der Waals surface area contributed by atoms with Crippen LogP contribution in [-0.2, 0) is 4.74 Å². The summed E-state index contributed by atoms with van der Waals surface area (Å²) in [6.07, 6.45) is 3.54. The van der Waals surface area contributed by atoms with Gasteiger partial charge < -0.3 is 9.64 Å². The Hall–Kier alpha value is -1.39. The number of piperidine rings is 1. The lowest BCUT2D eigenvalue weighted by Crippen LogP contribution is -2.39. The molecular weight excluding hydrogens is 293 g/mol. The molecule has 0 N–H and O–H groups in total. The smallest absolute Gasteiger partial charge is 0.255 e. The molecule has 0 radical (unpaired) electrons. The van der Waals surface area contributed by atoms with Crippen LogP contribution < -0.4 is 0 Å². The second-order valence-electron chi connectivity index (χ2n) is 5.19. The number of ether oxygens (including phenoxy) is 1. The van der Waals surface area contributed by atoms with E-state index in [-0.39, 0.29) is 10.9 Å². The average Bonchev–Trinajstić information content (AvgIpc) is 2.48. The van der Waals surface area contributed by atoms with Crippen LogP contribution in [0.1, 0.15) is 23.2 Å². The zero-order valence-electron chi connectivity index (χ0n) is 11.9. The van der Waals surface area contributed by atoms with Crippen LogP contribution in [0.15, 0.2) is 30.9 Å². The van der Waals surface area contributed by atoms with Crippen LogP contribution in [0.5, 0.6) is 0 Å². The summed E-state index contributed by atoms with van der Waals surface area (Å²) in [6.45, 7) is 6.22. The molecule has 1 heterocycles. The van der Waals surface area contributed by atoms with Crippen molar-refractivity contribution in [1.82, 2.24) is 4.90 Å². The van der Waals surface area contributed by atoms with Gasteiger partial charge in [-0.2, -0.15) is 0 Å². The SMILES string of the molecule is C=CCOCC1CCN(C(=O)c2ccc(F)cc2Cl)CC1. The number of hydrogen-bond donors (Lipinski definition) is 0. The standard InChI is InChI=1S/C16H19ClFNO2/c1-2-9-21-11-12-5-7-19(8-6-12)16(20)14-4-3-13(18)10-15(14)17/h2-4,10,12H,1,5-9,11H2. The van der Waals surface area contributed by atoms with E-state index in [1.54, 1.807) is 11.0 Å². The molecule has 0 unspecified atom stereocenters. The molecule has 1 fully saturated rings. The van der Waals surface area contributed by atoms with Gasteiger partial charge in [-0.1, -0.05) is 17.7 Å². The van der Waals surface area contributed by atoms with Crippen molar-refractivity contribution in [1.29, 1.82) is 0 Å². The Morgan fingerprint density at radius 3 is 2.81 bits per heavy atom. The van der Waals surface area contributed by atoms with Crippen molar-refractivity contribution in [3.63, 3.8) is 0 Å². The van der Waals surface area contributed by atoms with Gasteiger partial charge in [0.1, 0.15) is 5.82 Å². The summed E-state index contributed by atoms with van der Waals surface area (Å²) in [5, 5.41) is 0.163. The van der Waals surface area contributed by atoms with Gasteiger partial charge in [-0.15, -0.1) is 6.58 Å². The summed E-state index contributed by atoms with van der Waals surface area (Å²) in [7, 11) is 0. The maximum Gasteiger partial charge on any atom is 0.255 e. The molecule has 0 aliphatic carbocycles. The fraction of sp³-hybridized carbons (Fsp3) is 0.438. The van der Waals surface area contributed by atoms with E-state index in [0.717, 1.165) is 12.8 Å². The second kappa shape index (κ2) is 7.57. The number of halogens is 2. The summed E-state index contributed by atoms with van der Waals surface area (Å²) in [5.74, 6) is -0.0993. The predicted molar refractivity (Wildman–Crippen MR) is 81.1 cm³/mol. The topological polar surface area (TPSA) is 29.5 Å². The molecule has 0 aromatic heterocycles. The minimum atomic E-state index is -0.436. The highest BCUT2D eigenvalue weighted by molar-refractivity contribution is 6.33. The van der Waals surface area contributed by atoms with Crippen molar-refractivity contribution in [2.75, 3.05) is 26.3 Å². The molecule has 0 bridgehead atoms. The van der Waals surface area contributed by atoms with Gasteiger partial charge in [-0.05, 0) is 37.0 Å². The third kappa shape index (κ3) is 4.29. The van der Waals surface area contributed by atoms with Gasteiger partial charge in [-0.25, -0.2) is 4.39 Å². The van der Waals surface area contributed by atoms with Gasteiger partial charge in [0, 0.05) is 19.7 Å². The monoisotopic (exact) mass is 311 g/mol. The van der Waals surface area contributed by atoms with E-state index in [2.05, 4.69) is 6.58 Å². The number of likely N-dealkylation sites (tertiary alicyclic amines) is 1. The van der Waals surface area contributed by atoms with Gasteiger partial charge in [0.25, 0.3) is 5.91 Å². The zero-order valence-corrected chi connectivity index (χ0v) is 12.6. The number of carbonyl (C=O) groups excluding carboxylic acids is 1. The molecule has 0 atom stereocenters. The van der Waals surface area contributed by atoms with E-state index < -0.39 is 5.82 Å². The average molecular weight is 312 g/mol. The molecule has 21 heavy (non-hydrogen) atoms. The molecule has 114 valence electrons. The Morgan fingerprint density at radius 1 is 1.48 bits per heavy atom. The first-order valence-corrected chi connectivity index (χ1v) is 7.42. The lowest BCUT2D eigenvalue weighted by molar-refractivity contribution is 0.0576. The number of carbonyl (C=O) groups is 1. The van der Waals surface area contributed by atoms with Crippen molar-refractivity contribution < 1.29 is 13.9 Å². The molecule has 1 aliphatic heterocycles. The molecule has 1 aliphatic rings. The van der Waals surface area contributed by atoms with Gasteiger partial charge >= 0.3 is 0 Å². The minimum absolute atomic E-state index is 0.134. The van der Waals surface area contributed by atoms with E-state index >= 15 is 0 Å². The molecule has 5 heteroatoms. The third-order valence-electron chi connectivity index (χ3n) is 3.65. The van der Waals surface area contributed by atoms with Crippen LogP contribution in [0.25, 0.3) is 0 Å². The third-order valence-corrected chi connectivity index (χ3v) is 3.97. The molecule has 1 saturated heterocycles. The number of benzene rings is 1. The highest BCUT2D eigenvalue weighted by Gasteiger charge is 2.25. The van der Waals surface area contributed by atoms with Crippen LogP contribution in [0.4, 0.5) is 4.39 Å². The van der Waals surface area contributed by atoms with Crippen molar-refractivity contribution in [2.45, 2.75) is 12.8 Å². The lowest BCUT2D eigenvalue weighted by atomic mass is 9.97. The van der Waals surface area contributed by atoms with Crippen molar-refractivity contribution in [3.05, 3.63) is 47.3 Å². The quantitative estimate of drug-likeness (QED) is 0.615. The number of hydrogen-bond acceptors (Lipinski definition) is 2. The largest absolute Gasteiger partial charge is 0.377 e. The van der Waals surface area contributed by atoms with E-state index in [4.69, 9.17) is 16.3 Å². The van der Waals surface area contributed by atoms with Crippen LogP contribution in [0.3, 0.4) is 0 Å². The number of amides is 1. The van der Waals surface area contributed by atoms with Crippen LogP contribution in [0, 0.1) is 11.7 Å². The molecule has 0 spiro atoms. The summed E-state index contributed by atoms with van der Waals surface area (Å²) in [6, 6.07) is 3.87. The summed E-state index contributed by atoms with van der Waals surface area (Å²) < 4.78 is 18.5. The van der Waals surface area contributed by atoms with Gasteiger partial charge in [-0.3, -0.25) is 4.79 Å². The molecule has 2 rings (SSSR count). The summed E-state index contributed by atoms with van der Waals surface area (Å²) in [4.78, 5) is 14.1. The Labute approximate surface area is 129 Å². The Balaban J connectivity index is 1.89. The van der Waals surface area contributed by atoms with E-state index in [1.807, 2.05) is 0 Å². The van der Waals surface area contributed by atoms with Crippen LogP contribution in [-0.4, -0.2) is 37.1 Å². The molecule has 1 amide bonds. The molecule has 1 aromatic rings. The first-order valence-electron chi connectivity index (χ1n) is 7.04. The van der Waals surface area contributed by atoms with E-state index in [9.17, 15) is 9.18 Å². The van der Waals surface area contributed by atoms with Crippen molar-refractivity contribution >= 4 is 17.5 Å². The van der Waals surface area contributed by atoms with Crippen molar-refractivity contribution in [2.24, 2.45) is 5.92 Å². The van der Waals surface area contributed by atoms with Crippen molar-refractivity contribution in [3.8, 4) is 0 Å². The van der Waals surface area contributed by atoms with Gasteiger partial charge in [0.2, 0.25) is 0 Å². The highest BCUT2D eigenvalue weighted by Crippen LogP contribution is 2.23. The summed E-state index contributed by atoms with van der Waals surface area (Å²) in [5.41, 5.74) is 0.361. The van der Waals surface area contributed by atoms with Crippen LogP contribution in [0.2, 0.25) is 5.02 Å². The fourth-order valence-corrected chi connectivity index (χ4v) is 2.70.